The number of benzene rings is 2. The number of hydrogen-bond donors (Lipinski definition) is 1. The maximum absolute atomic E-state index is 9.42. The molecule has 0 unspecified atom stereocenters. The molecule has 0 fully saturated rings. The Morgan fingerprint density at radius 1 is 1.26 bits per heavy atom. The van der Waals surface area contributed by atoms with Gasteiger partial charge in [0.15, 0.2) is 5.16 Å². The Bertz CT molecular complexity index is 859. The van der Waals surface area contributed by atoms with Gasteiger partial charge in [0.25, 0.3) is 0 Å². The molecule has 0 aliphatic rings. The van der Waals surface area contributed by atoms with Crippen LogP contribution in [-0.4, -0.2) is 16.6 Å². The van der Waals surface area contributed by atoms with Crippen LogP contribution in [0.25, 0.3) is 17.1 Å². The van der Waals surface area contributed by atoms with Gasteiger partial charge in [0, 0.05) is 5.56 Å². The highest BCUT2D eigenvalue weighted by Crippen LogP contribution is 2.29. The van der Waals surface area contributed by atoms with E-state index in [9.17, 15) is 5.26 Å². The van der Waals surface area contributed by atoms with Crippen molar-refractivity contribution < 1.29 is 4.74 Å². The highest BCUT2D eigenvalue weighted by Gasteiger charge is 2.08. The van der Waals surface area contributed by atoms with Crippen LogP contribution in [0.15, 0.2) is 58.6 Å². The van der Waals surface area contributed by atoms with Gasteiger partial charge in [-0.2, -0.15) is 5.26 Å². The molecule has 0 bridgehead atoms. The van der Waals surface area contributed by atoms with Gasteiger partial charge in [-0.3, -0.25) is 0 Å². The Morgan fingerprint density at radius 3 is 2.83 bits per heavy atom. The molecular weight excluding hydrogens is 306 g/mol. The smallest absolute Gasteiger partial charge is 0.171 e. The Labute approximate surface area is 138 Å². The monoisotopic (exact) mass is 321 g/mol. The first kappa shape index (κ1) is 15.2. The molecule has 4 nitrogen and oxygen atoms in total. The molecule has 0 aliphatic carbocycles. The third kappa shape index (κ3) is 3.55. The summed E-state index contributed by atoms with van der Waals surface area (Å²) in [4.78, 5) is 8.25. The summed E-state index contributed by atoms with van der Waals surface area (Å²) in [6, 6.07) is 17.7. The second-order valence-electron chi connectivity index (χ2n) is 4.75. The fourth-order valence-electron chi connectivity index (χ4n) is 2.19. The fourth-order valence-corrected chi connectivity index (χ4v) is 2.94. The number of nitrogens with zero attached hydrogens (tertiary/aromatic N) is 2. The number of hydrogen-bond acceptors (Lipinski definition) is 4. The van der Waals surface area contributed by atoms with Crippen LogP contribution in [0.5, 0.6) is 5.75 Å². The van der Waals surface area contributed by atoms with E-state index in [1.165, 1.54) is 11.8 Å². The third-order valence-corrected chi connectivity index (χ3v) is 4.01. The quantitative estimate of drug-likeness (QED) is 0.550. The predicted octanol–water partition coefficient (Wildman–Crippen LogP) is 4.62. The highest BCUT2D eigenvalue weighted by atomic mass is 32.2. The number of rotatable bonds is 5. The van der Waals surface area contributed by atoms with E-state index >= 15 is 0 Å². The summed E-state index contributed by atoms with van der Waals surface area (Å²) in [5, 5.41) is 10.1. The molecule has 114 valence electrons. The zero-order valence-corrected chi connectivity index (χ0v) is 13.4. The minimum Gasteiger partial charge on any atom is -0.493 e. The van der Waals surface area contributed by atoms with Gasteiger partial charge in [-0.1, -0.05) is 30.3 Å². The Morgan fingerprint density at radius 2 is 2.04 bits per heavy atom. The molecular formula is C18H15N3OS. The van der Waals surface area contributed by atoms with Crippen molar-refractivity contribution in [1.29, 1.82) is 5.26 Å². The predicted molar refractivity (Wildman–Crippen MR) is 93.2 cm³/mol. The summed E-state index contributed by atoms with van der Waals surface area (Å²) in [5.74, 6) is 0.771. The first-order chi connectivity index (χ1) is 11.3. The van der Waals surface area contributed by atoms with Crippen LogP contribution in [0.2, 0.25) is 0 Å². The lowest BCUT2D eigenvalue weighted by atomic mass is 10.2. The van der Waals surface area contributed by atoms with Crippen LogP contribution in [0.3, 0.4) is 0 Å². The maximum atomic E-state index is 9.42. The first-order valence-corrected chi connectivity index (χ1v) is 8.08. The van der Waals surface area contributed by atoms with Crippen LogP contribution in [0.4, 0.5) is 0 Å². The van der Waals surface area contributed by atoms with Crippen molar-refractivity contribution in [1.82, 2.24) is 9.97 Å². The van der Waals surface area contributed by atoms with E-state index in [1.54, 1.807) is 0 Å². The molecule has 0 saturated carbocycles. The lowest BCUT2D eigenvalue weighted by Gasteiger charge is -2.06. The topological polar surface area (TPSA) is 61.7 Å². The van der Waals surface area contributed by atoms with E-state index < -0.39 is 0 Å². The molecule has 3 aromatic rings. The lowest BCUT2D eigenvalue weighted by Crippen LogP contribution is -1.93. The van der Waals surface area contributed by atoms with Crippen molar-refractivity contribution in [3.63, 3.8) is 0 Å². The molecule has 1 N–H and O–H groups in total. The van der Waals surface area contributed by atoms with Gasteiger partial charge in [0.2, 0.25) is 0 Å². The molecule has 3 rings (SSSR count). The van der Waals surface area contributed by atoms with Gasteiger partial charge in [0.1, 0.15) is 11.8 Å². The average Bonchev–Trinajstić information content (AvgIpc) is 2.98. The number of allylic oxidation sites excluding steroid dienone is 1. The Balaban J connectivity index is 1.89. The second-order valence-corrected chi connectivity index (χ2v) is 5.78. The van der Waals surface area contributed by atoms with Crippen molar-refractivity contribution in [2.24, 2.45) is 0 Å². The zero-order chi connectivity index (χ0) is 16.1. The minimum atomic E-state index is 0.552. The number of nitrogens with one attached hydrogen (secondary N) is 1. The standard InChI is InChI=1S/C18H15N3OS/c1-2-22-17-10-6-3-7-13(17)11-14(12-19)23-18-20-15-8-4-5-9-16(15)21-18/h3-11H,2H2,1H3,(H,20,21)/b14-11-. The molecule has 5 heteroatoms. The van der Waals surface area contributed by atoms with Gasteiger partial charge >= 0.3 is 0 Å². The van der Waals surface area contributed by atoms with Crippen LogP contribution in [0, 0.1) is 11.3 Å². The SMILES string of the molecule is CCOc1ccccc1/C=C(/C#N)Sc1nc2ccccc2[nH]1. The largest absolute Gasteiger partial charge is 0.493 e. The molecule has 2 aromatic carbocycles. The molecule has 1 aromatic heterocycles. The average molecular weight is 321 g/mol. The minimum absolute atomic E-state index is 0.552. The van der Waals surface area contributed by atoms with Crippen LogP contribution in [-0.2, 0) is 0 Å². The highest BCUT2D eigenvalue weighted by molar-refractivity contribution is 8.03. The summed E-state index contributed by atoms with van der Waals surface area (Å²) >= 11 is 1.31. The molecule has 0 radical (unpaired) electrons. The van der Waals surface area contributed by atoms with Gasteiger partial charge < -0.3 is 9.72 Å². The number of aromatic amines is 1. The van der Waals surface area contributed by atoms with E-state index in [-0.39, 0.29) is 0 Å². The number of fused-ring (bicyclic) bond motifs is 1. The second kappa shape index (κ2) is 7.03. The van der Waals surface area contributed by atoms with Crippen molar-refractivity contribution in [2.75, 3.05) is 6.61 Å². The normalized spacial score (nSPS) is 11.4. The van der Waals surface area contributed by atoms with Crippen molar-refractivity contribution in [2.45, 2.75) is 12.1 Å². The molecule has 0 amide bonds. The van der Waals surface area contributed by atoms with Crippen molar-refractivity contribution >= 4 is 28.9 Å². The summed E-state index contributed by atoms with van der Waals surface area (Å²) in [6.07, 6.45) is 1.82. The van der Waals surface area contributed by atoms with E-state index in [2.05, 4.69) is 16.0 Å². The van der Waals surface area contributed by atoms with Crippen LogP contribution >= 0.6 is 11.8 Å². The zero-order valence-electron chi connectivity index (χ0n) is 12.6. The molecule has 0 aliphatic heterocycles. The first-order valence-electron chi connectivity index (χ1n) is 7.26. The number of imidazole rings is 1. The van der Waals surface area contributed by atoms with Gasteiger partial charge in [-0.15, -0.1) is 0 Å². The Kier molecular flexibility index (Phi) is 4.65. The number of thioether (sulfide) groups is 1. The van der Waals surface area contributed by atoms with Gasteiger partial charge in [-0.25, -0.2) is 4.98 Å². The van der Waals surface area contributed by atoms with Crippen LogP contribution < -0.4 is 4.74 Å². The maximum Gasteiger partial charge on any atom is 0.171 e. The third-order valence-electron chi connectivity index (χ3n) is 3.19. The van der Waals surface area contributed by atoms with E-state index in [0.29, 0.717) is 16.7 Å². The summed E-state index contributed by atoms with van der Waals surface area (Å²) in [7, 11) is 0. The molecule has 1 heterocycles. The molecule has 0 atom stereocenters. The lowest BCUT2D eigenvalue weighted by molar-refractivity contribution is 0.339. The number of aromatic nitrogens is 2. The van der Waals surface area contributed by atoms with Gasteiger partial charge in [-0.05, 0) is 43.0 Å². The van der Waals surface area contributed by atoms with E-state index in [1.807, 2.05) is 61.5 Å². The van der Waals surface area contributed by atoms with Crippen LogP contribution in [0.1, 0.15) is 12.5 Å². The summed E-state index contributed by atoms with van der Waals surface area (Å²) in [5.41, 5.74) is 2.73. The number of H-pyrrole nitrogens is 1. The van der Waals surface area contributed by atoms with Crippen molar-refractivity contribution in [3.05, 3.63) is 59.0 Å². The molecule has 23 heavy (non-hydrogen) atoms. The molecule has 0 spiro atoms. The number of ether oxygens (including phenoxy) is 1. The summed E-state index contributed by atoms with van der Waals surface area (Å²) in [6.45, 7) is 2.53. The number of para-hydroxylation sites is 3. The summed E-state index contributed by atoms with van der Waals surface area (Å²) < 4.78 is 5.59. The van der Waals surface area contributed by atoms with E-state index in [4.69, 9.17) is 4.74 Å². The number of nitriles is 1. The van der Waals surface area contributed by atoms with E-state index in [0.717, 1.165) is 22.3 Å². The van der Waals surface area contributed by atoms with Crippen molar-refractivity contribution in [3.8, 4) is 11.8 Å². The molecule has 0 saturated heterocycles. The fraction of sp³-hybridized carbons (Fsp3) is 0.111. The van der Waals surface area contributed by atoms with Gasteiger partial charge in [0.05, 0.1) is 22.5 Å². The Hall–Kier alpha value is -2.71.